The number of aromatic nitrogens is 5. The molecule has 0 saturated carbocycles. The molecule has 0 fully saturated rings. The third kappa shape index (κ3) is 4.91. The molecular weight excluding hydrogens is 498 g/mol. The van der Waals surface area contributed by atoms with Gasteiger partial charge in [-0.25, -0.2) is 19.0 Å². The van der Waals surface area contributed by atoms with Crippen molar-refractivity contribution in [3.8, 4) is 23.2 Å². The number of hydrogen-bond donors (Lipinski definition) is 3. The first-order valence-electron chi connectivity index (χ1n) is 9.40. The monoisotopic (exact) mass is 509 g/mol. The van der Waals surface area contributed by atoms with Gasteiger partial charge in [0, 0.05) is 24.0 Å². The van der Waals surface area contributed by atoms with E-state index in [1.807, 2.05) is 0 Å². The average molecular weight is 510 g/mol. The zero-order valence-electron chi connectivity index (χ0n) is 17.1. The second-order valence-electron chi connectivity index (χ2n) is 6.77. The van der Waals surface area contributed by atoms with Gasteiger partial charge in [0.05, 0.1) is 11.8 Å². The molecule has 35 heavy (non-hydrogen) atoms. The van der Waals surface area contributed by atoms with Gasteiger partial charge in [0.25, 0.3) is 5.91 Å². The number of nitrogens with two attached hydrogens (primary N) is 1. The summed E-state index contributed by atoms with van der Waals surface area (Å²) in [6.07, 6.45) is -2.22. The van der Waals surface area contributed by atoms with E-state index in [0.717, 1.165) is 36.8 Å². The first-order chi connectivity index (χ1) is 16.5. The number of ether oxygens (including phenoxy) is 1. The van der Waals surface area contributed by atoms with Crippen molar-refractivity contribution in [1.82, 2.24) is 24.7 Å². The Bertz CT molecular complexity index is 1430. The summed E-state index contributed by atoms with van der Waals surface area (Å²) >= 11 is 5.90. The molecule has 0 aliphatic heterocycles. The van der Waals surface area contributed by atoms with Crippen molar-refractivity contribution in [1.29, 1.82) is 0 Å². The lowest BCUT2D eigenvalue weighted by Gasteiger charge is -2.13. The SMILES string of the molecule is Nc1ncnc(Oc2ccc(NC(=O)c3cnn(-c4cc(O)ccn4)c3C(F)(F)F)cc2F)c1Cl. The molecule has 15 heteroatoms. The topological polar surface area (TPSA) is 141 Å². The Hall–Kier alpha value is -4.46. The highest BCUT2D eigenvalue weighted by molar-refractivity contribution is 6.34. The highest BCUT2D eigenvalue weighted by atomic mass is 35.5. The van der Waals surface area contributed by atoms with E-state index in [1.165, 1.54) is 6.07 Å². The zero-order chi connectivity index (χ0) is 25.3. The fraction of sp³-hybridized carbons (Fsp3) is 0.0500. The summed E-state index contributed by atoms with van der Waals surface area (Å²) in [5.41, 5.74) is 3.06. The maximum atomic E-state index is 14.5. The van der Waals surface area contributed by atoms with Crippen LogP contribution < -0.4 is 15.8 Å². The minimum Gasteiger partial charge on any atom is -0.508 e. The number of rotatable bonds is 5. The number of nitrogens with one attached hydrogen (secondary N) is 1. The highest BCUT2D eigenvalue weighted by Gasteiger charge is 2.41. The number of aromatic hydroxyl groups is 1. The molecule has 0 spiro atoms. The smallest absolute Gasteiger partial charge is 0.434 e. The fourth-order valence-electron chi connectivity index (χ4n) is 2.89. The van der Waals surface area contributed by atoms with Gasteiger partial charge >= 0.3 is 6.18 Å². The quantitative estimate of drug-likeness (QED) is 0.340. The number of pyridine rings is 1. The van der Waals surface area contributed by atoms with Crippen LogP contribution in [0, 0.1) is 5.82 Å². The highest BCUT2D eigenvalue weighted by Crippen LogP contribution is 2.35. The fourth-order valence-corrected chi connectivity index (χ4v) is 3.02. The number of amides is 1. The maximum Gasteiger partial charge on any atom is 0.434 e. The number of benzene rings is 1. The van der Waals surface area contributed by atoms with E-state index in [0.29, 0.717) is 10.9 Å². The van der Waals surface area contributed by atoms with Crippen LogP contribution in [0.4, 0.5) is 29.1 Å². The molecular formula is C20H12ClF4N7O3. The molecule has 4 N–H and O–H groups in total. The Balaban J connectivity index is 1.60. The van der Waals surface area contributed by atoms with Gasteiger partial charge < -0.3 is 20.9 Å². The van der Waals surface area contributed by atoms with Crippen molar-refractivity contribution < 1.29 is 32.2 Å². The second-order valence-corrected chi connectivity index (χ2v) is 7.15. The summed E-state index contributed by atoms with van der Waals surface area (Å²) in [5.74, 6) is -3.58. The number of hydrogen-bond acceptors (Lipinski definition) is 8. The van der Waals surface area contributed by atoms with Crippen LogP contribution in [0.15, 0.2) is 49.1 Å². The van der Waals surface area contributed by atoms with Crippen molar-refractivity contribution >= 4 is 29.0 Å². The lowest BCUT2D eigenvalue weighted by molar-refractivity contribution is -0.143. The predicted molar refractivity (Wildman–Crippen MR) is 114 cm³/mol. The van der Waals surface area contributed by atoms with Crippen LogP contribution in [0.5, 0.6) is 17.4 Å². The zero-order valence-corrected chi connectivity index (χ0v) is 17.8. The van der Waals surface area contributed by atoms with Gasteiger partial charge in [-0.1, -0.05) is 11.6 Å². The normalized spacial score (nSPS) is 11.3. The van der Waals surface area contributed by atoms with Crippen LogP contribution >= 0.6 is 11.6 Å². The molecule has 1 amide bonds. The van der Waals surface area contributed by atoms with Crippen molar-refractivity contribution in [3.05, 3.63) is 71.2 Å². The molecule has 10 nitrogen and oxygen atoms in total. The van der Waals surface area contributed by atoms with Crippen molar-refractivity contribution in [3.63, 3.8) is 0 Å². The number of carbonyl (C=O) groups is 1. The summed E-state index contributed by atoms with van der Waals surface area (Å²) in [6, 6.07) is 5.20. The van der Waals surface area contributed by atoms with Gasteiger partial charge in [0.15, 0.2) is 23.1 Å². The van der Waals surface area contributed by atoms with E-state index in [4.69, 9.17) is 22.1 Å². The number of alkyl halides is 3. The van der Waals surface area contributed by atoms with Gasteiger partial charge in [-0.3, -0.25) is 4.79 Å². The minimum atomic E-state index is -5.02. The predicted octanol–water partition coefficient (Wildman–Crippen LogP) is 4.20. The Morgan fingerprint density at radius 1 is 1.17 bits per heavy atom. The van der Waals surface area contributed by atoms with Crippen LogP contribution in [0.25, 0.3) is 5.82 Å². The van der Waals surface area contributed by atoms with E-state index in [1.54, 1.807) is 0 Å². The Morgan fingerprint density at radius 3 is 2.63 bits per heavy atom. The standard InChI is InChI=1S/C20H12ClF4N7O3/c21-15-17(26)28-8-29-19(15)35-13-2-1-9(5-12(13)22)31-18(34)11-7-30-32(16(11)20(23,24)25)14-6-10(33)3-4-27-14/h1-8H,(H,27,33)(H,31,34)(H2,26,28,29). The number of carbonyl (C=O) groups excluding carboxylic acids is 1. The average Bonchev–Trinajstić information content (AvgIpc) is 3.25. The molecule has 3 heterocycles. The maximum absolute atomic E-state index is 14.5. The molecule has 1 aromatic carbocycles. The number of nitrogen functional groups attached to an aromatic ring is 1. The molecule has 0 saturated heterocycles. The molecule has 0 unspecified atom stereocenters. The van der Waals surface area contributed by atoms with E-state index >= 15 is 0 Å². The van der Waals surface area contributed by atoms with Crippen LogP contribution in [0.2, 0.25) is 5.02 Å². The lowest BCUT2D eigenvalue weighted by atomic mass is 10.2. The van der Waals surface area contributed by atoms with E-state index < -0.39 is 29.2 Å². The van der Waals surface area contributed by atoms with Gasteiger partial charge in [-0.05, 0) is 18.2 Å². The van der Waals surface area contributed by atoms with Crippen LogP contribution in [-0.2, 0) is 6.18 Å². The minimum absolute atomic E-state index is 0.0945. The molecule has 0 atom stereocenters. The summed E-state index contributed by atoms with van der Waals surface area (Å²) in [6.45, 7) is 0. The molecule has 0 aliphatic carbocycles. The van der Waals surface area contributed by atoms with Crippen LogP contribution in [0.1, 0.15) is 16.1 Å². The largest absolute Gasteiger partial charge is 0.508 e. The molecule has 0 radical (unpaired) electrons. The molecule has 4 aromatic rings. The first-order valence-corrected chi connectivity index (χ1v) is 9.77. The van der Waals surface area contributed by atoms with E-state index in [-0.39, 0.29) is 39.7 Å². The lowest BCUT2D eigenvalue weighted by Crippen LogP contribution is -2.21. The summed E-state index contributed by atoms with van der Waals surface area (Å²) in [4.78, 5) is 23.7. The van der Waals surface area contributed by atoms with Crippen LogP contribution in [0.3, 0.4) is 0 Å². The molecule has 0 aliphatic rings. The third-order valence-electron chi connectivity index (χ3n) is 4.41. The van der Waals surface area contributed by atoms with Gasteiger partial charge in [-0.2, -0.15) is 23.3 Å². The Morgan fingerprint density at radius 2 is 1.94 bits per heavy atom. The molecule has 4 rings (SSSR count). The van der Waals surface area contributed by atoms with E-state index in [9.17, 15) is 27.5 Å². The summed E-state index contributed by atoms with van der Waals surface area (Å²) < 4.78 is 61.5. The third-order valence-corrected chi connectivity index (χ3v) is 4.76. The van der Waals surface area contributed by atoms with Crippen molar-refractivity contribution in [2.24, 2.45) is 0 Å². The summed E-state index contributed by atoms with van der Waals surface area (Å²) in [5, 5.41) is 15.1. The first kappa shape index (κ1) is 23.7. The van der Waals surface area contributed by atoms with Gasteiger partial charge in [-0.15, -0.1) is 0 Å². The second kappa shape index (κ2) is 9.06. The molecule has 3 aromatic heterocycles. The summed E-state index contributed by atoms with van der Waals surface area (Å²) in [7, 11) is 0. The van der Waals surface area contributed by atoms with Gasteiger partial charge in [0.2, 0.25) is 5.88 Å². The van der Waals surface area contributed by atoms with Crippen molar-refractivity contribution in [2.45, 2.75) is 6.18 Å². The van der Waals surface area contributed by atoms with Crippen LogP contribution in [-0.4, -0.2) is 35.7 Å². The Kier molecular flexibility index (Phi) is 6.13. The number of nitrogens with zero attached hydrogens (tertiary/aromatic N) is 5. The van der Waals surface area contributed by atoms with Gasteiger partial charge in [0.1, 0.15) is 22.9 Å². The number of halogens is 5. The van der Waals surface area contributed by atoms with E-state index in [2.05, 4.69) is 25.4 Å². The molecule has 0 bridgehead atoms. The number of anilines is 2. The van der Waals surface area contributed by atoms with Crippen molar-refractivity contribution in [2.75, 3.05) is 11.1 Å². The Labute approximate surface area is 198 Å². The molecule has 180 valence electrons.